The molecule has 0 atom stereocenters. The number of hydrogen-bond donors (Lipinski definition) is 2. The molecule has 10 heteroatoms. The fraction of sp³-hybridized carbons (Fsp3) is 0.156. The van der Waals surface area contributed by atoms with Gasteiger partial charge in [0.1, 0.15) is 11.6 Å². The minimum absolute atomic E-state index is 0.0189. The van der Waals surface area contributed by atoms with E-state index in [2.05, 4.69) is 10.6 Å². The van der Waals surface area contributed by atoms with Crippen molar-refractivity contribution >= 4 is 40.7 Å². The standard InChI is InChI=1S/C32H27ClF2N4O3/c33-27-7-3-1-5-24(27)31(41)37-23-13-14-29(26(19-23)30(40)36-20-21-9-11-22(34)12-10-21)38-15-17-39(18-16-38)32(42)25-6-2-4-8-28(25)35/h1-14,19H,15-18,20H2,(H,36,40)(H,37,41). The summed E-state index contributed by atoms with van der Waals surface area (Å²) in [6.45, 7) is 1.64. The number of rotatable bonds is 7. The monoisotopic (exact) mass is 588 g/mol. The van der Waals surface area contributed by atoms with E-state index in [1.165, 1.54) is 30.3 Å². The smallest absolute Gasteiger partial charge is 0.257 e. The highest BCUT2D eigenvalue weighted by atomic mass is 35.5. The fourth-order valence-corrected chi connectivity index (χ4v) is 4.97. The number of benzene rings is 4. The molecule has 0 aliphatic carbocycles. The van der Waals surface area contributed by atoms with Crippen molar-refractivity contribution in [3.05, 3.63) is 130 Å². The molecule has 0 saturated carbocycles. The molecule has 0 aromatic heterocycles. The van der Waals surface area contributed by atoms with E-state index < -0.39 is 17.6 Å². The Balaban J connectivity index is 1.36. The maximum absolute atomic E-state index is 14.2. The first-order valence-electron chi connectivity index (χ1n) is 13.3. The van der Waals surface area contributed by atoms with Crippen LogP contribution in [0.1, 0.15) is 36.6 Å². The number of carbonyl (C=O) groups excluding carboxylic acids is 3. The molecule has 0 radical (unpaired) electrons. The summed E-state index contributed by atoms with van der Waals surface area (Å²) in [6.07, 6.45) is 0. The Labute approximate surface area is 246 Å². The molecule has 0 unspecified atom stereocenters. The topological polar surface area (TPSA) is 81.8 Å². The van der Waals surface area contributed by atoms with Crippen LogP contribution in [0.3, 0.4) is 0 Å². The highest BCUT2D eigenvalue weighted by Crippen LogP contribution is 2.27. The van der Waals surface area contributed by atoms with E-state index >= 15 is 0 Å². The number of hydrogen-bond acceptors (Lipinski definition) is 4. The summed E-state index contributed by atoms with van der Waals surface area (Å²) < 4.78 is 27.5. The van der Waals surface area contributed by atoms with Crippen LogP contribution in [0.4, 0.5) is 20.2 Å². The Kier molecular flexibility index (Phi) is 8.78. The average molecular weight is 589 g/mol. The third-order valence-corrected chi connectivity index (χ3v) is 7.33. The molecule has 7 nitrogen and oxygen atoms in total. The van der Waals surface area contributed by atoms with E-state index in [4.69, 9.17) is 11.6 Å². The molecule has 1 aliphatic rings. The fourth-order valence-electron chi connectivity index (χ4n) is 4.75. The predicted molar refractivity (Wildman–Crippen MR) is 158 cm³/mol. The first kappa shape index (κ1) is 28.8. The van der Waals surface area contributed by atoms with Crippen LogP contribution in [0.25, 0.3) is 0 Å². The number of nitrogens with one attached hydrogen (secondary N) is 2. The zero-order chi connectivity index (χ0) is 29.6. The molecule has 1 saturated heterocycles. The summed E-state index contributed by atoms with van der Waals surface area (Å²) in [4.78, 5) is 42.8. The van der Waals surface area contributed by atoms with Crippen molar-refractivity contribution in [1.29, 1.82) is 0 Å². The lowest BCUT2D eigenvalue weighted by Crippen LogP contribution is -2.49. The Morgan fingerprint density at radius 3 is 2.10 bits per heavy atom. The summed E-state index contributed by atoms with van der Waals surface area (Å²) in [5.74, 6) is -2.15. The maximum Gasteiger partial charge on any atom is 0.257 e. The SMILES string of the molecule is O=C(Nc1ccc(N2CCN(C(=O)c3ccccc3F)CC2)c(C(=O)NCc2ccc(F)cc2)c1)c1ccccc1Cl. The second-order valence-electron chi connectivity index (χ2n) is 9.73. The van der Waals surface area contributed by atoms with Crippen LogP contribution in [0.5, 0.6) is 0 Å². The van der Waals surface area contributed by atoms with Crippen molar-refractivity contribution in [2.24, 2.45) is 0 Å². The van der Waals surface area contributed by atoms with Gasteiger partial charge in [-0.3, -0.25) is 14.4 Å². The zero-order valence-electron chi connectivity index (χ0n) is 22.4. The maximum atomic E-state index is 14.2. The summed E-state index contributed by atoms with van der Waals surface area (Å²) in [7, 11) is 0. The Bertz CT molecular complexity index is 1620. The third kappa shape index (κ3) is 6.58. The molecule has 4 aromatic rings. The normalized spacial score (nSPS) is 13.0. The lowest BCUT2D eigenvalue weighted by atomic mass is 10.1. The van der Waals surface area contributed by atoms with E-state index in [1.807, 2.05) is 4.90 Å². The first-order valence-corrected chi connectivity index (χ1v) is 13.7. The van der Waals surface area contributed by atoms with E-state index in [-0.39, 0.29) is 23.8 Å². The molecule has 42 heavy (non-hydrogen) atoms. The molecular formula is C32H27ClF2N4O3. The van der Waals surface area contributed by atoms with Gasteiger partial charge in [0.25, 0.3) is 17.7 Å². The summed E-state index contributed by atoms with van der Waals surface area (Å²) in [5.41, 5.74) is 2.34. The molecule has 3 amide bonds. The van der Waals surface area contributed by atoms with Gasteiger partial charge >= 0.3 is 0 Å². The molecule has 0 spiro atoms. The minimum Gasteiger partial charge on any atom is -0.367 e. The number of anilines is 2. The van der Waals surface area contributed by atoms with Gasteiger partial charge in [0.05, 0.1) is 21.7 Å². The molecule has 2 N–H and O–H groups in total. The van der Waals surface area contributed by atoms with Gasteiger partial charge in [0.15, 0.2) is 0 Å². The van der Waals surface area contributed by atoms with Crippen molar-refractivity contribution in [3.63, 3.8) is 0 Å². The Morgan fingerprint density at radius 2 is 1.40 bits per heavy atom. The Morgan fingerprint density at radius 1 is 0.738 bits per heavy atom. The van der Waals surface area contributed by atoms with Gasteiger partial charge in [-0.05, 0) is 60.2 Å². The number of piperazine rings is 1. The van der Waals surface area contributed by atoms with Gasteiger partial charge in [0.2, 0.25) is 0 Å². The van der Waals surface area contributed by atoms with Crippen LogP contribution < -0.4 is 15.5 Å². The van der Waals surface area contributed by atoms with Gasteiger partial charge in [-0.25, -0.2) is 8.78 Å². The number of nitrogens with zero attached hydrogens (tertiary/aromatic N) is 2. The number of carbonyl (C=O) groups is 3. The van der Waals surface area contributed by atoms with E-state index in [0.717, 1.165) is 5.56 Å². The van der Waals surface area contributed by atoms with Crippen LogP contribution in [0.2, 0.25) is 5.02 Å². The number of halogens is 3. The second kappa shape index (κ2) is 12.8. The van der Waals surface area contributed by atoms with Crippen molar-refractivity contribution in [2.45, 2.75) is 6.54 Å². The lowest BCUT2D eigenvalue weighted by molar-refractivity contribution is 0.0741. The molecular weight excluding hydrogens is 562 g/mol. The van der Waals surface area contributed by atoms with Gasteiger partial charge in [-0.15, -0.1) is 0 Å². The van der Waals surface area contributed by atoms with E-state index in [1.54, 1.807) is 65.6 Å². The molecule has 5 rings (SSSR count). The summed E-state index contributed by atoms with van der Waals surface area (Å²) >= 11 is 6.18. The Hall–Kier alpha value is -4.76. The van der Waals surface area contributed by atoms with Gasteiger partial charge in [-0.2, -0.15) is 0 Å². The van der Waals surface area contributed by atoms with Gasteiger partial charge < -0.3 is 20.4 Å². The second-order valence-corrected chi connectivity index (χ2v) is 10.1. The highest BCUT2D eigenvalue weighted by molar-refractivity contribution is 6.34. The van der Waals surface area contributed by atoms with Crippen molar-refractivity contribution < 1.29 is 23.2 Å². The van der Waals surface area contributed by atoms with E-state index in [0.29, 0.717) is 53.7 Å². The predicted octanol–water partition coefficient (Wildman–Crippen LogP) is 5.76. The largest absolute Gasteiger partial charge is 0.367 e. The molecule has 0 bridgehead atoms. The molecule has 1 heterocycles. The van der Waals surface area contributed by atoms with Crippen LogP contribution in [-0.4, -0.2) is 48.8 Å². The van der Waals surface area contributed by atoms with Crippen molar-refractivity contribution in [1.82, 2.24) is 10.2 Å². The van der Waals surface area contributed by atoms with Crippen molar-refractivity contribution in [3.8, 4) is 0 Å². The molecule has 4 aromatic carbocycles. The highest BCUT2D eigenvalue weighted by Gasteiger charge is 2.26. The average Bonchev–Trinajstić information content (AvgIpc) is 3.01. The molecule has 1 aliphatic heterocycles. The van der Waals surface area contributed by atoms with Crippen molar-refractivity contribution in [2.75, 3.05) is 36.4 Å². The first-order chi connectivity index (χ1) is 20.3. The van der Waals surface area contributed by atoms with Gasteiger partial charge in [0, 0.05) is 44.1 Å². The minimum atomic E-state index is -0.570. The summed E-state index contributed by atoms with van der Waals surface area (Å²) in [6, 6.07) is 23.3. The molecule has 1 fully saturated rings. The third-order valence-electron chi connectivity index (χ3n) is 7.00. The zero-order valence-corrected chi connectivity index (χ0v) is 23.2. The quantitative estimate of drug-likeness (QED) is 0.288. The van der Waals surface area contributed by atoms with Crippen LogP contribution in [0.15, 0.2) is 91.0 Å². The van der Waals surface area contributed by atoms with E-state index in [9.17, 15) is 23.2 Å². The lowest BCUT2D eigenvalue weighted by Gasteiger charge is -2.37. The number of amides is 3. The van der Waals surface area contributed by atoms with Crippen LogP contribution in [-0.2, 0) is 6.54 Å². The van der Waals surface area contributed by atoms with Gasteiger partial charge in [-0.1, -0.05) is 48.0 Å². The molecule has 214 valence electrons. The van der Waals surface area contributed by atoms with Crippen LogP contribution in [0, 0.1) is 11.6 Å². The summed E-state index contributed by atoms with van der Waals surface area (Å²) in [5, 5.41) is 5.96. The van der Waals surface area contributed by atoms with Crippen LogP contribution >= 0.6 is 11.6 Å².